The smallest absolute Gasteiger partial charge is 0.155 e. The summed E-state index contributed by atoms with van der Waals surface area (Å²) in [6, 6.07) is 33.9. The second-order valence-corrected chi connectivity index (χ2v) is 7.84. The van der Waals surface area contributed by atoms with E-state index in [1.165, 1.54) is 25.5 Å². The van der Waals surface area contributed by atoms with Gasteiger partial charge in [0.2, 0.25) is 0 Å². The van der Waals surface area contributed by atoms with E-state index in [-0.39, 0.29) is 31.6 Å². The van der Waals surface area contributed by atoms with Crippen LogP contribution in [0.4, 0.5) is 0 Å². The first-order chi connectivity index (χ1) is 16.5. The molecule has 0 aliphatic heterocycles. The Labute approximate surface area is 218 Å². The fraction of sp³-hybridized carbons (Fsp3) is 0.0667. The molecule has 0 bridgehead atoms. The van der Waals surface area contributed by atoms with Gasteiger partial charge in [0, 0.05) is 43.3 Å². The minimum atomic E-state index is -0.125. The number of hydrogen-bond acceptors (Lipinski definition) is 4. The zero-order valence-electron chi connectivity index (χ0n) is 19.4. The zero-order chi connectivity index (χ0) is 23.9. The van der Waals surface area contributed by atoms with Gasteiger partial charge in [-0.1, -0.05) is 60.7 Å². The van der Waals surface area contributed by atoms with Crippen LogP contribution < -0.4 is 0 Å². The average Bonchev–Trinajstić information content (AvgIpc) is 3.28. The van der Waals surface area contributed by atoms with Crippen LogP contribution in [0.3, 0.4) is 0 Å². The quantitative estimate of drug-likeness (QED) is 0.125. The minimum absolute atomic E-state index is 0. The molecule has 0 atom stereocenters. The van der Waals surface area contributed by atoms with E-state index in [0.717, 1.165) is 39.1 Å². The number of pyridine rings is 1. The largest absolute Gasteiger partial charge is 0.512 e. The third-order valence-corrected chi connectivity index (χ3v) is 5.06. The van der Waals surface area contributed by atoms with Crippen LogP contribution in [0.25, 0.3) is 44.7 Å². The van der Waals surface area contributed by atoms with Gasteiger partial charge in [-0.15, -0.1) is 35.4 Å². The second kappa shape index (κ2) is 12.1. The Morgan fingerprint density at radius 3 is 2.14 bits per heavy atom. The van der Waals surface area contributed by atoms with Crippen molar-refractivity contribution in [3.8, 4) is 33.7 Å². The van der Waals surface area contributed by atoms with E-state index >= 15 is 0 Å². The zero-order valence-corrected chi connectivity index (χ0v) is 21.8. The Morgan fingerprint density at radius 2 is 1.54 bits per heavy atom. The molecule has 5 aromatic rings. The summed E-state index contributed by atoms with van der Waals surface area (Å²) in [5, 5.41) is 9.36. The van der Waals surface area contributed by atoms with Crippen molar-refractivity contribution in [1.82, 2.24) is 4.98 Å². The van der Waals surface area contributed by atoms with E-state index in [0.29, 0.717) is 0 Å². The third kappa shape index (κ3) is 6.86. The van der Waals surface area contributed by atoms with Crippen LogP contribution in [0.1, 0.15) is 13.8 Å². The minimum Gasteiger partial charge on any atom is -0.512 e. The Bertz CT molecular complexity index is 1440. The summed E-state index contributed by atoms with van der Waals surface area (Å²) in [5.74, 6) is 0.791. The first-order valence-corrected chi connectivity index (χ1v) is 10.9. The molecule has 0 saturated carbocycles. The maximum atomic E-state index is 10.0. The number of benzene rings is 3. The topological polar surface area (TPSA) is 63.3 Å². The molecular formula is C30H24IrNO3-. The van der Waals surface area contributed by atoms with Crippen molar-refractivity contribution in [1.29, 1.82) is 0 Å². The second-order valence-electron chi connectivity index (χ2n) is 7.84. The molecule has 0 saturated heterocycles. The van der Waals surface area contributed by atoms with Crippen molar-refractivity contribution >= 4 is 16.8 Å². The molecule has 0 aliphatic carbocycles. The molecule has 0 unspecified atom stereocenters. The molecule has 0 spiro atoms. The van der Waals surface area contributed by atoms with Gasteiger partial charge in [0.25, 0.3) is 0 Å². The monoisotopic (exact) mass is 639 g/mol. The van der Waals surface area contributed by atoms with Crippen LogP contribution in [0.2, 0.25) is 0 Å². The number of aromatic nitrogens is 1. The summed E-state index contributed by atoms with van der Waals surface area (Å²) < 4.78 is 6.08. The fourth-order valence-electron chi connectivity index (χ4n) is 3.54. The number of aliphatic hydroxyl groups excluding tert-OH is 1. The van der Waals surface area contributed by atoms with Gasteiger partial charge in [-0.25, -0.2) is 0 Å². The van der Waals surface area contributed by atoms with Crippen molar-refractivity contribution in [2.24, 2.45) is 0 Å². The summed E-state index contributed by atoms with van der Waals surface area (Å²) >= 11 is 0. The molecule has 0 amide bonds. The first kappa shape index (κ1) is 25.8. The molecule has 35 heavy (non-hydrogen) atoms. The number of carbonyl (C=O) groups is 1. The van der Waals surface area contributed by atoms with Crippen molar-refractivity contribution < 1.29 is 34.4 Å². The number of rotatable bonds is 4. The molecular weight excluding hydrogens is 615 g/mol. The standard InChI is InChI=1S/C25H16NO.C5H8O2.Ir/c1-3-8-18(9-4-1)20-12-7-13-21(14-20)23-16-25-22(17-26-23)15-24(27-25)19-10-5-2-6-11-19;1-4(6)3-5(2)7;/h1-12,14-17H;3,6H,1-2H3;/q-1;;/b;4-3-;. The van der Waals surface area contributed by atoms with Gasteiger partial charge in [-0.05, 0) is 37.2 Å². The Balaban J connectivity index is 0.000000378. The van der Waals surface area contributed by atoms with Gasteiger partial charge >= 0.3 is 0 Å². The summed E-state index contributed by atoms with van der Waals surface area (Å²) in [6.07, 6.45) is 3.03. The number of carbonyl (C=O) groups excluding carboxylic acids is 1. The molecule has 0 aliphatic rings. The molecule has 3 aromatic carbocycles. The Morgan fingerprint density at radius 1 is 0.886 bits per heavy atom. The summed E-state index contributed by atoms with van der Waals surface area (Å²) in [6.45, 7) is 2.85. The van der Waals surface area contributed by atoms with E-state index in [1.54, 1.807) is 0 Å². The fourth-order valence-corrected chi connectivity index (χ4v) is 3.54. The number of aliphatic hydroxyl groups is 1. The van der Waals surface area contributed by atoms with Gasteiger partial charge in [-0.2, -0.15) is 0 Å². The van der Waals surface area contributed by atoms with E-state index in [9.17, 15) is 4.79 Å². The van der Waals surface area contributed by atoms with Crippen LogP contribution >= 0.6 is 0 Å². The van der Waals surface area contributed by atoms with Crippen molar-refractivity contribution in [3.63, 3.8) is 0 Å². The van der Waals surface area contributed by atoms with Gasteiger partial charge in [0.05, 0.1) is 5.76 Å². The number of allylic oxidation sites excluding steroid dienone is 2. The molecule has 4 nitrogen and oxygen atoms in total. The number of furan rings is 1. The van der Waals surface area contributed by atoms with Crippen LogP contribution in [-0.2, 0) is 24.9 Å². The first-order valence-electron chi connectivity index (χ1n) is 10.9. The van der Waals surface area contributed by atoms with E-state index < -0.39 is 0 Å². The van der Waals surface area contributed by atoms with E-state index in [1.807, 2.05) is 72.9 Å². The molecule has 0 fully saturated rings. The van der Waals surface area contributed by atoms with Crippen molar-refractivity contribution in [3.05, 3.63) is 115 Å². The molecule has 2 heterocycles. The van der Waals surface area contributed by atoms with Crippen LogP contribution in [0.15, 0.2) is 113 Å². The van der Waals surface area contributed by atoms with Gasteiger partial charge in [-0.3, -0.25) is 4.79 Å². The molecule has 1 N–H and O–H groups in total. The van der Waals surface area contributed by atoms with Crippen LogP contribution in [-0.4, -0.2) is 15.9 Å². The Kier molecular flexibility index (Phi) is 8.91. The maximum Gasteiger partial charge on any atom is 0.155 e. The molecule has 5 heteroatoms. The molecule has 5 rings (SSSR count). The average molecular weight is 639 g/mol. The molecule has 2 aromatic heterocycles. The Hall–Kier alpha value is -3.79. The number of fused-ring (bicyclic) bond motifs is 1. The van der Waals surface area contributed by atoms with Gasteiger partial charge < -0.3 is 14.5 Å². The number of hydrogen-bond donors (Lipinski definition) is 1. The number of nitrogens with zero attached hydrogens (tertiary/aromatic N) is 1. The van der Waals surface area contributed by atoms with Crippen molar-refractivity contribution in [2.75, 3.05) is 0 Å². The number of ketones is 1. The van der Waals surface area contributed by atoms with Gasteiger partial charge in [0.15, 0.2) is 5.78 Å². The predicted molar refractivity (Wildman–Crippen MR) is 136 cm³/mol. The molecule has 1 radical (unpaired) electrons. The third-order valence-electron chi connectivity index (χ3n) is 5.06. The van der Waals surface area contributed by atoms with Crippen LogP contribution in [0.5, 0.6) is 0 Å². The van der Waals surface area contributed by atoms with E-state index in [4.69, 9.17) is 9.52 Å². The maximum absolute atomic E-state index is 10.0. The van der Waals surface area contributed by atoms with Gasteiger partial charge in [0.1, 0.15) is 11.3 Å². The summed E-state index contributed by atoms with van der Waals surface area (Å²) in [7, 11) is 0. The van der Waals surface area contributed by atoms with Crippen LogP contribution in [0, 0.1) is 6.07 Å². The predicted octanol–water partition coefficient (Wildman–Crippen LogP) is 7.66. The van der Waals surface area contributed by atoms with E-state index in [2.05, 4.69) is 35.3 Å². The summed E-state index contributed by atoms with van der Waals surface area (Å²) in [5.41, 5.74) is 6.03. The van der Waals surface area contributed by atoms with Crippen molar-refractivity contribution in [2.45, 2.75) is 13.8 Å². The summed E-state index contributed by atoms with van der Waals surface area (Å²) in [4.78, 5) is 14.6. The normalized spacial score (nSPS) is 10.7. The SMILES string of the molecule is CC(=O)/C=C(/C)O.[Ir].[c-]1ccc(-c2ccccc2)cc1-c1cc2oc(-c3ccccc3)cc2cn1. The molecule has 177 valence electrons.